The number of aliphatic hydroxyl groups is 1. The molecule has 1 aromatic heterocycles. The van der Waals surface area contributed by atoms with Crippen molar-refractivity contribution in [1.29, 1.82) is 0 Å². The van der Waals surface area contributed by atoms with E-state index in [9.17, 15) is 9.50 Å². The van der Waals surface area contributed by atoms with E-state index >= 15 is 0 Å². The maximum atomic E-state index is 12.6. The molecule has 0 spiro atoms. The van der Waals surface area contributed by atoms with Gasteiger partial charge < -0.3 is 10.8 Å². The van der Waals surface area contributed by atoms with Crippen LogP contribution in [0.25, 0.3) is 0 Å². The molecule has 0 fully saturated rings. The molecule has 72 valence electrons. The summed E-state index contributed by atoms with van der Waals surface area (Å²) in [6, 6.07) is 2.28. The van der Waals surface area contributed by atoms with Crippen LogP contribution in [-0.4, -0.2) is 16.2 Å². The Morgan fingerprint density at radius 1 is 1.54 bits per heavy atom. The Hall–Kier alpha value is -1.00. The minimum atomic E-state index is -0.661. The minimum absolute atomic E-state index is 0.506. The predicted molar refractivity (Wildman–Crippen MR) is 47.5 cm³/mol. The number of hydrogen-bond acceptors (Lipinski definition) is 3. The Morgan fingerprint density at radius 2 is 2.15 bits per heavy atom. The van der Waals surface area contributed by atoms with Gasteiger partial charge in [-0.1, -0.05) is 6.07 Å². The normalized spacial score (nSPS) is 15.5. The molecule has 0 radical (unpaired) electrons. The van der Waals surface area contributed by atoms with Crippen molar-refractivity contribution >= 4 is 0 Å². The molecule has 3 nitrogen and oxygen atoms in total. The minimum Gasteiger partial charge on any atom is -0.391 e. The number of nitrogens with two attached hydrogens (primary N) is 1. The van der Waals surface area contributed by atoms with Crippen molar-refractivity contribution in [2.24, 2.45) is 5.73 Å². The first-order valence-corrected chi connectivity index (χ1v) is 4.09. The highest BCUT2D eigenvalue weighted by Gasteiger charge is 2.14. The first kappa shape index (κ1) is 10.1. The highest BCUT2D eigenvalue weighted by atomic mass is 19.1. The zero-order valence-corrected chi connectivity index (χ0v) is 7.66. The topological polar surface area (TPSA) is 59.1 Å². The number of aryl methyl sites for hydroxylation is 1. The fourth-order valence-electron chi connectivity index (χ4n) is 1.15. The van der Waals surface area contributed by atoms with Crippen LogP contribution in [0, 0.1) is 12.9 Å². The standard InChI is InChI=1S/C9H13FN2O/c1-5-7(9(11)6(2)13)3-4-8(10)12-5/h3-4,6,9,13H,11H2,1-2H3/t6-,9+/m1/s1. The van der Waals surface area contributed by atoms with Crippen molar-refractivity contribution in [3.05, 3.63) is 29.3 Å². The van der Waals surface area contributed by atoms with Gasteiger partial charge in [0.15, 0.2) is 0 Å². The van der Waals surface area contributed by atoms with E-state index in [-0.39, 0.29) is 0 Å². The average molecular weight is 184 g/mol. The molecule has 3 N–H and O–H groups in total. The van der Waals surface area contributed by atoms with Gasteiger partial charge in [-0.2, -0.15) is 4.39 Å². The Morgan fingerprint density at radius 3 is 2.62 bits per heavy atom. The van der Waals surface area contributed by atoms with Crippen LogP contribution in [0.1, 0.15) is 24.2 Å². The van der Waals surface area contributed by atoms with Crippen molar-refractivity contribution in [3.63, 3.8) is 0 Å². The van der Waals surface area contributed by atoms with Gasteiger partial charge in [-0.3, -0.25) is 0 Å². The summed E-state index contributed by atoms with van der Waals surface area (Å²) in [6.45, 7) is 3.26. The van der Waals surface area contributed by atoms with Crippen LogP contribution >= 0.6 is 0 Å². The molecule has 2 atom stereocenters. The Balaban J connectivity index is 3.01. The van der Waals surface area contributed by atoms with Crippen LogP contribution in [0.5, 0.6) is 0 Å². The van der Waals surface area contributed by atoms with Crippen LogP contribution in [0.2, 0.25) is 0 Å². The third kappa shape index (κ3) is 2.23. The molecule has 4 heteroatoms. The molecule has 0 aliphatic heterocycles. The lowest BCUT2D eigenvalue weighted by molar-refractivity contribution is 0.163. The molecule has 0 bridgehead atoms. The fraction of sp³-hybridized carbons (Fsp3) is 0.444. The van der Waals surface area contributed by atoms with E-state index in [0.29, 0.717) is 11.3 Å². The second-order valence-corrected chi connectivity index (χ2v) is 3.07. The number of aromatic nitrogens is 1. The molecule has 0 amide bonds. The second-order valence-electron chi connectivity index (χ2n) is 3.07. The summed E-state index contributed by atoms with van der Waals surface area (Å²) in [5.41, 5.74) is 6.88. The zero-order valence-electron chi connectivity index (χ0n) is 7.66. The van der Waals surface area contributed by atoms with Crippen LogP contribution < -0.4 is 5.73 Å². The van der Waals surface area contributed by atoms with Crippen molar-refractivity contribution in [2.75, 3.05) is 0 Å². The van der Waals surface area contributed by atoms with E-state index < -0.39 is 18.1 Å². The molecule has 1 aromatic rings. The van der Waals surface area contributed by atoms with E-state index in [1.54, 1.807) is 19.9 Å². The van der Waals surface area contributed by atoms with Gasteiger partial charge in [0, 0.05) is 5.69 Å². The van der Waals surface area contributed by atoms with Gasteiger partial charge in [-0.05, 0) is 25.5 Å². The Kier molecular flexibility index (Phi) is 2.95. The second kappa shape index (κ2) is 3.81. The summed E-state index contributed by atoms with van der Waals surface area (Å²) in [4.78, 5) is 3.62. The SMILES string of the molecule is Cc1nc(F)ccc1[C@@H](N)[C@@H](C)O. The van der Waals surface area contributed by atoms with E-state index in [1.807, 2.05) is 0 Å². The van der Waals surface area contributed by atoms with Crippen molar-refractivity contribution in [3.8, 4) is 0 Å². The number of rotatable bonds is 2. The number of pyridine rings is 1. The van der Waals surface area contributed by atoms with Gasteiger partial charge in [0.25, 0.3) is 0 Å². The molecular formula is C9H13FN2O. The number of nitrogens with zero attached hydrogens (tertiary/aromatic N) is 1. The third-order valence-electron chi connectivity index (χ3n) is 1.97. The van der Waals surface area contributed by atoms with Crippen molar-refractivity contribution in [1.82, 2.24) is 4.98 Å². The fourth-order valence-corrected chi connectivity index (χ4v) is 1.15. The average Bonchev–Trinajstić information content (AvgIpc) is 2.03. The van der Waals surface area contributed by atoms with Crippen LogP contribution in [0.4, 0.5) is 4.39 Å². The summed E-state index contributed by atoms with van der Waals surface area (Å²) in [7, 11) is 0. The van der Waals surface area contributed by atoms with Gasteiger partial charge in [-0.15, -0.1) is 0 Å². The number of hydrogen-bond donors (Lipinski definition) is 2. The maximum absolute atomic E-state index is 12.6. The lowest BCUT2D eigenvalue weighted by Crippen LogP contribution is -2.24. The van der Waals surface area contributed by atoms with Gasteiger partial charge in [0.1, 0.15) is 0 Å². The predicted octanol–water partition coefficient (Wildman–Crippen LogP) is 0.910. The van der Waals surface area contributed by atoms with Crippen LogP contribution in [-0.2, 0) is 0 Å². The van der Waals surface area contributed by atoms with Gasteiger partial charge >= 0.3 is 0 Å². The van der Waals surface area contributed by atoms with Gasteiger partial charge in [0.05, 0.1) is 12.1 Å². The summed E-state index contributed by atoms with van der Waals surface area (Å²) in [6.07, 6.45) is -0.661. The van der Waals surface area contributed by atoms with Crippen LogP contribution in [0.3, 0.4) is 0 Å². The molecular weight excluding hydrogens is 171 g/mol. The molecule has 0 saturated carbocycles. The Labute approximate surface area is 76.4 Å². The summed E-state index contributed by atoms with van der Waals surface area (Å²) in [5.74, 6) is -0.529. The highest BCUT2D eigenvalue weighted by Crippen LogP contribution is 2.16. The molecule has 1 heterocycles. The molecule has 0 aliphatic rings. The molecule has 13 heavy (non-hydrogen) atoms. The smallest absolute Gasteiger partial charge is 0.213 e. The zero-order chi connectivity index (χ0) is 10.0. The van der Waals surface area contributed by atoms with Crippen molar-refractivity contribution in [2.45, 2.75) is 26.0 Å². The molecule has 0 aliphatic carbocycles. The van der Waals surface area contributed by atoms with E-state index in [4.69, 9.17) is 5.73 Å². The third-order valence-corrected chi connectivity index (χ3v) is 1.97. The highest BCUT2D eigenvalue weighted by molar-refractivity contribution is 5.23. The summed E-state index contributed by atoms with van der Waals surface area (Å²) < 4.78 is 12.6. The number of halogens is 1. The summed E-state index contributed by atoms with van der Waals surface area (Å²) in [5, 5.41) is 9.22. The number of aliphatic hydroxyl groups excluding tert-OH is 1. The van der Waals surface area contributed by atoms with Crippen LogP contribution in [0.15, 0.2) is 12.1 Å². The molecule has 0 saturated heterocycles. The largest absolute Gasteiger partial charge is 0.391 e. The lowest BCUT2D eigenvalue weighted by Gasteiger charge is -2.16. The van der Waals surface area contributed by atoms with Crippen molar-refractivity contribution < 1.29 is 9.50 Å². The molecule has 0 aromatic carbocycles. The van der Waals surface area contributed by atoms with Gasteiger partial charge in [-0.25, -0.2) is 4.98 Å². The molecule has 1 rings (SSSR count). The lowest BCUT2D eigenvalue weighted by atomic mass is 10.0. The van der Waals surface area contributed by atoms with E-state index in [1.165, 1.54) is 6.07 Å². The maximum Gasteiger partial charge on any atom is 0.213 e. The first-order chi connectivity index (χ1) is 6.02. The van der Waals surface area contributed by atoms with Gasteiger partial charge in [0.2, 0.25) is 5.95 Å². The molecule has 0 unspecified atom stereocenters. The summed E-state index contributed by atoms with van der Waals surface area (Å²) >= 11 is 0. The van der Waals surface area contributed by atoms with E-state index in [0.717, 1.165) is 0 Å². The van der Waals surface area contributed by atoms with E-state index in [2.05, 4.69) is 4.98 Å². The monoisotopic (exact) mass is 184 g/mol. The first-order valence-electron chi connectivity index (χ1n) is 4.09. The quantitative estimate of drug-likeness (QED) is 0.671. The Bertz CT molecular complexity index is 302.